The Kier molecular flexibility index (Phi) is 13.6. The van der Waals surface area contributed by atoms with Crippen molar-refractivity contribution < 1.29 is 9.53 Å². The molecule has 0 aromatic heterocycles. The lowest BCUT2D eigenvalue weighted by atomic mass is 9.99. The fraction of sp³-hybridized carbons (Fsp3) is 0.933. The van der Waals surface area contributed by atoms with Crippen molar-refractivity contribution in [1.82, 2.24) is 9.80 Å². The number of amides is 1. The molecule has 0 radical (unpaired) electrons. The van der Waals surface area contributed by atoms with Gasteiger partial charge in [0.2, 0.25) is 5.91 Å². The van der Waals surface area contributed by atoms with Crippen molar-refractivity contribution in [2.24, 2.45) is 11.7 Å². The Morgan fingerprint density at radius 2 is 1.82 bits per heavy atom. The van der Waals surface area contributed by atoms with E-state index < -0.39 is 0 Å². The number of likely N-dealkylation sites (N-methyl/N-ethyl adjacent to an activating group) is 1. The van der Waals surface area contributed by atoms with Gasteiger partial charge in [-0.05, 0) is 45.8 Å². The highest BCUT2D eigenvalue weighted by molar-refractivity contribution is 5.85. The smallest absolute Gasteiger partial charge is 0.240 e. The van der Waals surface area contributed by atoms with E-state index in [-0.39, 0.29) is 36.8 Å². The van der Waals surface area contributed by atoms with E-state index in [1.165, 1.54) is 0 Å². The maximum atomic E-state index is 12.6. The van der Waals surface area contributed by atoms with Crippen molar-refractivity contribution >= 4 is 30.7 Å². The summed E-state index contributed by atoms with van der Waals surface area (Å²) in [6, 6.07) is -0.0234. The van der Waals surface area contributed by atoms with E-state index in [0.717, 1.165) is 39.0 Å². The van der Waals surface area contributed by atoms with Crippen molar-refractivity contribution in [2.75, 3.05) is 40.3 Å². The van der Waals surface area contributed by atoms with Gasteiger partial charge in [0.05, 0.1) is 12.1 Å². The average Bonchev–Trinajstić information content (AvgIpc) is 2.39. The van der Waals surface area contributed by atoms with Gasteiger partial charge in [0.1, 0.15) is 0 Å². The van der Waals surface area contributed by atoms with E-state index in [4.69, 9.17) is 10.5 Å². The number of piperidine rings is 1. The van der Waals surface area contributed by atoms with E-state index in [9.17, 15) is 4.79 Å². The predicted molar refractivity (Wildman–Crippen MR) is 96.0 cm³/mol. The maximum Gasteiger partial charge on any atom is 0.240 e. The van der Waals surface area contributed by atoms with Crippen LogP contribution in [-0.2, 0) is 9.53 Å². The third-order valence-corrected chi connectivity index (χ3v) is 3.90. The van der Waals surface area contributed by atoms with Gasteiger partial charge >= 0.3 is 0 Å². The van der Waals surface area contributed by atoms with Gasteiger partial charge in [-0.3, -0.25) is 9.69 Å². The van der Waals surface area contributed by atoms with Gasteiger partial charge in [0.25, 0.3) is 0 Å². The minimum Gasteiger partial charge on any atom is -0.378 e. The lowest BCUT2D eigenvalue weighted by molar-refractivity contribution is -0.140. The van der Waals surface area contributed by atoms with Crippen LogP contribution in [0, 0.1) is 5.92 Å². The standard InChI is InChI=1S/C15H31N3O2.2ClH/c1-12(2)14(17(3)4)15(19)18-9-6-13(7-10-18)20-11-5-8-16;;/h12-14H,5-11,16H2,1-4H3;2*1H. The number of rotatable bonds is 7. The first-order valence-corrected chi connectivity index (χ1v) is 7.74. The first kappa shape index (κ1) is 24.2. The van der Waals surface area contributed by atoms with Gasteiger partial charge in [-0.2, -0.15) is 0 Å². The van der Waals surface area contributed by atoms with Crippen LogP contribution < -0.4 is 5.73 Å². The highest BCUT2D eigenvalue weighted by atomic mass is 35.5. The van der Waals surface area contributed by atoms with E-state index >= 15 is 0 Å². The van der Waals surface area contributed by atoms with Crippen molar-refractivity contribution in [3.05, 3.63) is 0 Å². The Hall–Kier alpha value is -0.0700. The van der Waals surface area contributed by atoms with E-state index in [1.807, 2.05) is 23.9 Å². The molecule has 1 saturated heterocycles. The summed E-state index contributed by atoms with van der Waals surface area (Å²) in [5, 5.41) is 0. The number of hydrogen-bond acceptors (Lipinski definition) is 4. The van der Waals surface area contributed by atoms with Gasteiger partial charge in [0.15, 0.2) is 0 Å². The summed E-state index contributed by atoms with van der Waals surface area (Å²) in [5.41, 5.74) is 5.46. The Morgan fingerprint density at radius 1 is 1.27 bits per heavy atom. The van der Waals surface area contributed by atoms with Crippen LogP contribution in [0.2, 0.25) is 0 Å². The molecule has 1 fully saturated rings. The second kappa shape index (κ2) is 12.4. The van der Waals surface area contributed by atoms with Crippen LogP contribution in [0.3, 0.4) is 0 Å². The third kappa shape index (κ3) is 7.47. The summed E-state index contributed by atoms with van der Waals surface area (Å²) in [6.07, 6.45) is 3.08. The summed E-state index contributed by atoms with van der Waals surface area (Å²) in [4.78, 5) is 16.6. The van der Waals surface area contributed by atoms with Crippen molar-refractivity contribution in [3.8, 4) is 0 Å². The van der Waals surface area contributed by atoms with Crippen molar-refractivity contribution in [3.63, 3.8) is 0 Å². The molecule has 134 valence electrons. The zero-order chi connectivity index (χ0) is 15.1. The number of carbonyl (C=O) groups is 1. The molecule has 1 amide bonds. The summed E-state index contributed by atoms with van der Waals surface area (Å²) in [7, 11) is 3.95. The second-order valence-electron chi connectivity index (χ2n) is 6.19. The summed E-state index contributed by atoms with van der Waals surface area (Å²) in [5.74, 6) is 0.585. The Balaban J connectivity index is 0. The molecule has 1 aliphatic heterocycles. The quantitative estimate of drug-likeness (QED) is 0.705. The zero-order valence-corrected chi connectivity index (χ0v) is 15.9. The Labute approximate surface area is 147 Å². The summed E-state index contributed by atoms with van der Waals surface area (Å²) >= 11 is 0. The number of carbonyl (C=O) groups excluding carboxylic acids is 1. The van der Waals surface area contributed by atoms with Gasteiger partial charge < -0.3 is 15.4 Å². The number of hydrogen-bond donors (Lipinski definition) is 1. The molecule has 22 heavy (non-hydrogen) atoms. The largest absolute Gasteiger partial charge is 0.378 e. The molecule has 5 nitrogen and oxygen atoms in total. The van der Waals surface area contributed by atoms with Crippen LogP contribution in [0.4, 0.5) is 0 Å². The fourth-order valence-electron chi connectivity index (χ4n) is 2.87. The van der Waals surface area contributed by atoms with Crippen LogP contribution in [0.15, 0.2) is 0 Å². The number of halogens is 2. The van der Waals surface area contributed by atoms with Crippen molar-refractivity contribution in [1.29, 1.82) is 0 Å². The molecule has 0 spiro atoms. The first-order valence-electron chi connectivity index (χ1n) is 7.74. The summed E-state index contributed by atoms with van der Waals surface area (Å²) in [6.45, 7) is 7.24. The molecule has 1 rings (SSSR count). The predicted octanol–water partition coefficient (Wildman–Crippen LogP) is 1.77. The minimum atomic E-state index is -0.0234. The topological polar surface area (TPSA) is 58.8 Å². The number of nitrogens with two attached hydrogens (primary N) is 1. The normalized spacial score (nSPS) is 17.1. The molecule has 7 heteroatoms. The molecule has 0 aromatic rings. The van der Waals surface area contributed by atoms with Gasteiger partial charge in [0, 0.05) is 19.7 Å². The molecule has 1 heterocycles. The minimum absolute atomic E-state index is 0. The number of likely N-dealkylation sites (tertiary alicyclic amines) is 1. The van der Waals surface area contributed by atoms with E-state index in [1.54, 1.807) is 0 Å². The van der Waals surface area contributed by atoms with Crippen LogP contribution >= 0.6 is 24.8 Å². The molecule has 1 aliphatic rings. The van der Waals surface area contributed by atoms with Crippen LogP contribution in [0.5, 0.6) is 0 Å². The molecular formula is C15H33Cl2N3O2. The molecule has 0 aliphatic carbocycles. The van der Waals surface area contributed by atoms with Crippen molar-refractivity contribution in [2.45, 2.75) is 45.3 Å². The lowest BCUT2D eigenvalue weighted by Gasteiger charge is -2.37. The first-order chi connectivity index (χ1) is 9.47. The fourth-order valence-corrected chi connectivity index (χ4v) is 2.87. The SMILES string of the molecule is CC(C)C(C(=O)N1CCC(OCCCN)CC1)N(C)C.Cl.Cl. The average molecular weight is 358 g/mol. The molecule has 1 atom stereocenters. The van der Waals surface area contributed by atoms with Crippen LogP contribution in [0.1, 0.15) is 33.1 Å². The van der Waals surface area contributed by atoms with Gasteiger partial charge in [-0.25, -0.2) is 0 Å². The molecule has 2 N–H and O–H groups in total. The molecule has 0 aromatic carbocycles. The van der Waals surface area contributed by atoms with Gasteiger partial charge in [-0.15, -0.1) is 24.8 Å². The monoisotopic (exact) mass is 357 g/mol. The Bertz CT molecular complexity index is 289. The highest BCUT2D eigenvalue weighted by Gasteiger charge is 2.31. The van der Waals surface area contributed by atoms with Crippen LogP contribution in [0.25, 0.3) is 0 Å². The molecule has 1 unspecified atom stereocenters. The van der Waals surface area contributed by atoms with Crippen LogP contribution in [-0.4, -0.2) is 68.2 Å². The molecule has 0 saturated carbocycles. The number of ether oxygens (including phenoxy) is 1. The third-order valence-electron chi connectivity index (χ3n) is 3.90. The van der Waals surface area contributed by atoms with E-state index in [0.29, 0.717) is 18.6 Å². The van der Waals surface area contributed by atoms with Gasteiger partial charge in [-0.1, -0.05) is 13.8 Å². The summed E-state index contributed by atoms with van der Waals surface area (Å²) < 4.78 is 5.78. The zero-order valence-electron chi connectivity index (χ0n) is 14.3. The molecular weight excluding hydrogens is 325 g/mol. The lowest BCUT2D eigenvalue weighted by Crippen LogP contribution is -2.51. The second-order valence-corrected chi connectivity index (χ2v) is 6.19. The number of nitrogens with zero attached hydrogens (tertiary/aromatic N) is 2. The molecule has 0 bridgehead atoms. The van der Waals surface area contributed by atoms with E-state index in [2.05, 4.69) is 13.8 Å². The maximum absolute atomic E-state index is 12.6. The Morgan fingerprint density at radius 3 is 2.23 bits per heavy atom. The highest BCUT2D eigenvalue weighted by Crippen LogP contribution is 2.18.